The van der Waals surface area contributed by atoms with Crippen LogP contribution >= 0.6 is 0 Å². The molecule has 70 valence electrons. The van der Waals surface area contributed by atoms with E-state index < -0.39 is 17.4 Å². The molecule has 1 unspecified atom stereocenters. The largest absolute Gasteiger partial charge is 0.549 e. The molecule has 4 heteroatoms. The van der Waals surface area contributed by atoms with Crippen LogP contribution in [0, 0.1) is 5.41 Å². The van der Waals surface area contributed by atoms with Gasteiger partial charge in [0.05, 0.1) is 13.1 Å². The molecule has 0 aliphatic carbocycles. The van der Waals surface area contributed by atoms with Gasteiger partial charge in [0.15, 0.2) is 0 Å². The minimum atomic E-state index is -1.50. The lowest BCUT2D eigenvalue weighted by molar-refractivity contribution is -0.317. The van der Waals surface area contributed by atoms with Gasteiger partial charge in [0, 0.05) is 0 Å². The quantitative estimate of drug-likeness (QED) is 0.433. The summed E-state index contributed by atoms with van der Waals surface area (Å²) in [6, 6.07) is 0. The van der Waals surface area contributed by atoms with E-state index in [4.69, 9.17) is 0 Å². The fraction of sp³-hybridized carbons (Fsp3) is 0.750. The molecule has 0 aromatic carbocycles. The number of hydrogen-bond donors (Lipinski definition) is 0. The zero-order valence-corrected chi connectivity index (χ0v) is 7.55. The number of methoxy groups -OCH3 is 1. The maximum atomic E-state index is 11.0. The van der Waals surface area contributed by atoms with Crippen LogP contribution in [0.15, 0.2) is 0 Å². The Bertz CT molecular complexity index is 187. The van der Waals surface area contributed by atoms with Gasteiger partial charge in [-0.1, -0.05) is 13.3 Å². The molecular formula is C8H13O4-. The predicted molar refractivity (Wildman–Crippen MR) is 40.0 cm³/mol. The summed E-state index contributed by atoms with van der Waals surface area (Å²) in [5.74, 6) is -2.12. The fourth-order valence-corrected chi connectivity index (χ4v) is 1.01. The van der Waals surface area contributed by atoms with Crippen molar-refractivity contribution in [3.8, 4) is 0 Å². The predicted octanol–water partition coefficient (Wildman–Crippen LogP) is -0.284. The molecule has 0 N–H and O–H groups in total. The van der Waals surface area contributed by atoms with Gasteiger partial charge in [-0.05, 0) is 13.3 Å². The topological polar surface area (TPSA) is 66.4 Å². The van der Waals surface area contributed by atoms with E-state index in [0.29, 0.717) is 6.42 Å². The van der Waals surface area contributed by atoms with Crippen LogP contribution in [0.4, 0.5) is 0 Å². The first-order chi connectivity index (χ1) is 5.49. The molecule has 4 nitrogen and oxygen atoms in total. The Morgan fingerprint density at radius 1 is 1.50 bits per heavy atom. The van der Waals surface area contributed by atoms with E-state index >= 15 is 0 Å². The molecule has 0 amide bonds. The number of carboxylic acids is 1. The van der Waals surface area contributed by atoms with Crippen molar-refractivity contribution in [1.29, 1.82) is 0 Å². The summed E-state index contributed by atoms with van der Waals surface area (Å²) in [7, 11) is 1.17. The summed E-state index contributed by atoms with van der Waals surface area (Å²) in [5.41, 5.74) is -1.50. The minimum Gasteiger partial charge on any atom is -0.549 e. The van der Waals surface area contributed by atoms with Crippen molar-refractivity contribution in [2.45, 2.75) is 26.7 Å². The van der Waals surface area contributed by atoms with Gasteiger partial charge in [-0.25, -0.2) is 0 Å². The van der Waals surface area contributed by atoms with Crippen LogP contribution < -0.4 is 5.11 Å². The first-order valence-corrected chi connectivity index (χ1v) is 3.79. The number of carbonyl (C=O) groups is 2. The summed E-state index contributed by atoms with van der Waals surface area (Å²) in [5, 5.41) is 10.6. The van der Waals surface area contributed by atoms with Crippen LogP contribution in [0.25, 0.3) is 0 Å². The highest BCUT2D eigenvalue weighted by atomic mass is 16.5. The Morgan fingerprint density at radius 3 is 2.25 bits per heavy atom. The monoisotopic (exact) mass is 173 g/mol. The third-order valence-corrected chi connectivity index (χ3v) is 1.84. The van der Waals surface area contributed by atoms with Gasteiger partial charge in [0.25, 0.3) is 0 Å². The molecule has 0 aliphatic rings. The summed E-state index contributed by atoms with van der Waals surface area (Å²) >= 11 is 0. The average molecular weight is 173 g/mol. The number of carboxylic acid groups (broad SMARTS) is 1. The summed E-state index contributed by atoms with van der Waals surface area (Å²) in [6.45, 7) is 3.11. The van der Waals surface area contributed by atoms with E-state index in [1.165, 1.54) is 14.0 Å². The second-order valence-corrected chi connectivity index (χ2v) is 2.86. The van der Waals surface area contributed by atoms with E-state index in [0.717, 1.165) is 0 Å². The van der Waals surface area contributed by atoms with Crippen LogP contribution in [0.2, 0.25) is 0 Å². The van der Waals surface area contributed by atoms with Crippen LogP contribution in [-0.2, 0) is 14.3 Å². The highest BCUT2D eigenvalue weighted by Crippen LogP contribution is 2.23. The van der Waals surface area contributed by atoms with Crippen molar-refractivity contribution in [3.05, 3.63) is 0 Å². The smallest absolute Gasteiger partial charge is 0.317 e. The summed E-state index contributed by atoms with van der Waals surface area (Å²) in [4.78, 5) is 21.6. The maximum absolute atomic E-state index is 11.0. The zero-order chi connectivity index (χ0) is 9.78. The Morgan fingerprint density at radius 2 is 2.00 bits per heavy atom. The fourth-order valence-electron chi connectivity index (χ4n) is 1.01. The molecule has 0 heterocycles. The Labute approximate surface area is 71.5 Å². The second-order valence-electron chi connectivity index (χ2n) is 2.86. The van der Waals surface area contributed by atoms with Crippen molar-refractivity contribution in [1.82, 2.24) is 0 Å². The van der Waals surface area contributed by atoms with Gasteiger partial charge in [0.2, 0.25) is 0 Å². The molecule has 0 spiro atoms. The molecule has 0 bridgehead atoms. The Kier molecular flexibility index (Phi) is 3.73. The first kappa shape index (κ1) is 10.9. The van der Waals surface area contributed by atoms with E-state index in [1.807, 2.05) is 0 Å². The average Bonchev–Trinajstić information content (AvgIpc) is 2.03. The van der Waals surface area contributed by atoms with E-state index in [1.54, 1.807) is 6.92 Å². The first-order valence-electron chi connectivity index (χ1n) is 3.79. The van der Waals surface area contributed by atoms with Gasteiger partial charge in [0.1, 0.15) is 5.41 Å². The third-order valence-electron chi connectivity index (χ3n) is 1.84. The summed E-state index contributed by atoms with van der Waals surface area (Å²) < 4.78 is 4.37. The Balaban J connectivity index is 4.61. The lowest BCUT2D eigenvalue weighted by Gasteiger charge is -2.26. The van der Waals surface area contributed by atoms with Crippen LogP contribution in [0.5, 0.6) is 0 Å². The van der Waals surface area contributed by atoms with E-state index in [-0.39, 0.29) is 6.42 Å². The van der Waals surface area contributed by atoms with Crippen molar-refractivity contribution in [3.63, 3.8) is 0 Å². The SMILES string of the molecule is CCCC(C)(C(=O)[O-])C(=O)OC. The molecule has 0 saturated heterocycles. The highest BCUT2D eigenvalue weighted by Gasteiger charge is 2.34. The lowest BCUT2D eigenvalue weighted by atomic mass is 9.86. The molecule has 0 rings (SSSR count). The molecule has 0 saturated carbocycles. The van der Waals surface area contributed by atoms with Crippen LogP contribution in [-0.4, -0.2) is 19.0 Å². The number of carbonyl (C=O) groups excluding carboxylic acids is 2. The lowest BCUT2D eigenvalue weighted by Crippen LogP contribution is -2.46. The van der Waals surface area contributed by atoms with Gasteiger partial charge in [-0.2, -0.15) is 0 Å². The third kappa shape index (κ3) is 1.96. The molecule has 0 aromatic rings. The standard InChI is InChI=1S/C8H14O4/c1-4-5-8(2,6(9)10)7(11)12-3/h4-5H2,1-3H3,(H,9,10)/p-1. The number of aliphatic carboxylic acids is 1. The van der Waals surface area contributed by atoms with Crippen molar-refractivity contribution in [2.75, 3.05) is 7.11 Å². The number of esters is 1. The van der Waals surface area contributed by atoms with E-state index in [9.17, 15) is 14.7 Å². The molecule has 0 radical (unpaired) electrons. The van der Waals surface area contributed by atoms with Crippen LogP contribution in [0.3, 0.4) is 0 Å². The molecule has 0 fully saturated rings. The Hall–Kier alpha value is -1.06. The number of ether oxygens (including phenoxy) is 1. The van der Waals surface area contributed by atoms with Gasteiger partial charge in [-0.15, -0.1) is 0 Å². The van der Waals surface area contributed by atoms with Crippen molar-refractivity contribution >= 4 is 11.9 Å². The van der Waals surface area contributed by atoms with Gasteiger partial charge in [-0.3, -0.25) is 4.79 Å². The summed E-state index contributed by atoms with van der Waals surface area (Å²) in [6.07, 6.45) is 0.835. The second kappa shape index (κ2) is 4.09. The molecule has 0 aliphatic heterocycles. The number of hydrogen-bond acceptors (Lipinski definition) is 4. The van der Waals surface area contributed by atoms with Gasteiger partial charge < -0.3 is 14.6 Å². The van der Waals surface area contributed by atoms with Crippen molar-refractivity contribution < 1.29 is 19.4 Å². The molecule has 0 aromatic heterocycles. The highest BCUT2D eigenvalue weighted by molar-refractivity contribution is 5.97. The van der Waals surface area contributed by atoms with Gasteiger partial charge >= 0.3 is 5.97 Å². The molecular weight excluding hydrogens is 160 g/mol. The normalized spacial score (nSPS) is 14.9. The van der Waals surface area contributed by atoms with Crippen LogP contribution in [0.1, 0.15) is 26.7 Å². The van der Waals surface area contributed by atoms with E-state index in [2.05, 4.69) is 4.74 Å². The zero-order valence-electron chi connectivity index (χ0n) is 7.55. The maximum Gasteiger partial charge on any atom is 0.317 e. The molecule has 12 heavy (non-hydrogen) atoms. The minimum absolute atomic E-state index is 0.238. The molecule has 1 atom stereocenters. The number of rotatable bonds is 4. The van der Waals surface area contributed by atoms with Crippen molar-refractivity contribution in [2.24, 2.45) is 5.41 Å².